The Balaban J connectivity index is 1.46. The predicted octanol–water partition coefficient (Wildman–Crippen LogP) is 0.915. The number of hydrogen-bond donors (Lipinski definition) is 0. The first-order chi connectivity index (χ1) is 13.3. The van der Waals surface area contributed by atoms with E-state index in [2.05, 4.69) is 9.80 Å². The third-order valence-corrected chi connectivity index (χ3v) is 6.90. The van der Waals surface area contributed by atoms with E-state index >= 15 is 0 Å². The van der Waals surface area contributed by atoms with Crippen molar-refractivity contribution >= 4 is 15.9 Å². The molecule has 0 bridgehead atoms. The van der Waals surface area contributed by atoms with Gasteiger partial charge in [-0.2, -0.15) is 4.31 Å². The Morgan fingerprint density at radius 2 is 1.71 bits per heavy atom. The van der Waals surface area contributed by atoms with Gasteiger partial charge < -0.3 is 14.2 Å². The molecule has 0 unspecified atom stereocenters. The molecular formula is C19H32N4O4S. The van der Waals surface area contributed by atoms with E-state index in [9.17, 15) is 13.2 Å². The minimum atomic E-state index is -3.12. The van der Waals surface area contributed by atoms with Gasteiger partial charge in [-0.15, -0.1) is 0 Å². The van der Waals surface area contributed by atoms with Crippen molar-refractivity contribution in [3.05, 3.63) is 23.7 Å². The summed E-state index contributed by atoms with van der Waals surface area (Å²) >= 11 is 0. The molecule has 1 aromatic rings. The highest BCUT2D eigenvalue weighted by Crippen LogP contribution is 2.15. The lowest BCUT2D eigenvalue weighted by molar-refractivity contribution is 0.0736. The number of likely N-dealkylation sites (N-methyl/N-ethyl adjacent to an activating group) is 1. The van der Waals surface area contributed by atoms with Gasteiger partial charge in [0.15, 0.2) is 5.76 Å². The van der Waals surface area contributed by atoms with Gasteiger partial charge in [-0.25, -0.2) is 8.42 Å². The van der Waals surface area contributed by atoms with Crippen molar-refractivity contribution in [2.75, 3.05) is 65.7 Å². The molecule has 28 heavy (non-hydrogen) atoms. The Kier molecular flexibility index (Phi) is 7.14. The van der Waals surface area contributed by atoms with E-state index < -0.39 is 10.0 Å². The summed E-state index contributed by atoms with van der Waals surface area (Å²) in [6, 6.07) is 3.58. The van der Waals surface area contributed by atoms with E-state index in [0.29, 0.717) is 45.0 Å². The van der Waals surface area contributed by atoms with E-state index in [1.165, 1.54) is 29.8 Å². The van der Waals surface area contributed by atoms with Crippen LogP contribution in [-0.2, 0) is 16.6 Å². The Morgan fingerprint density at radius 1 is 1.04 bits per heavy atom. The Labute approximate surface area is 168 Å². The number of likely N-dealkylation sites (tertiary alicyclic amines) is 1. The van der Waals surface area contributed by atoms with Crippen LogP contribution in [0.4, 0.5) is 0 Å². The molecule has 2 aliphatic heterocycles. The quantitative estimate of drug-likeness (QED) is 0.663. The lowest BCUT2D eigenvalue weighted by Gasteiger charge is -2.32. The summed E-state index contributed by atoms with van der Waals surface area (Å²) in [5.41, 5.74) is 0. The first-order valence-electron chi connectivity index (χ1n) is 10.1. The number of rotatable bonds is 7. The number of piperidine rings is 1. The van der Waals surface area contributed by atoms with Crippen molar-refractivity contribution in [2.24, 2.45) is 0 Å². The van der Waals surface area contributed by atoms with Gasteiger partial charge in [0, 0.05) is 46.3 Å². The SMILES string of the molecule is CN(CCN1CCCCC1)C(=O)c1ccc(CN2CCN(S(C)(=O)=O)CC2)o1. The van der Waals surface area contributed by atoms with E-state index in [1.54, 1.807) is 11.0 Å². The summed E-state index contributed by atoms with van der Waals surface area (Å²) < 4.78 is 30.5. The molecule has 0 spiro atoms. The highest BCUT2D eigenvalue weighted by Gasteiger charge is 2.24. The largest absolute Gasteiger partial charge is 0.455 e. The van der Waals surface area contributed by atoms with Crippen molar-refractivity contribution in [3.63, 3.8) is 0 Å². The first-order valence-corrected chi connectivity index (χ1v) is 11.9. The predicted molar refractivity (Wildman–Crippen MR) is 108 cm³/mol. The van der Waals surface area contributed by atoms with Crippen LogP contribution in [-0.4, -0.2) is 99.0 Å². The van der Waals surface area contributed by atoms with Crippen LogP contribution in [0.2, 0.25) is 0 Å². The molecule has 1 aromatic heterocycles. The third-order valence-electron chi connectivity index (χ3n) is 5.60. The lowest BCUT2D eigenvalue weighted by atomic mass is 10.1. The maximum Gasteiger partial charge on any atom is 0.289 e. The van der Waals surface area contributed by atoms with Gasteiger partial charge in [0.05, 0.1) is 12.8 Å². The summed E-state index contributed by atoms with van der Waals surface area (Å²) in [4.78, 5) is 18.9. The van der Waals surface area contributed by atoms with Crippen molar-refractivity contribution < 1.29 is 17.6 Å². The van der Waals surface area contributed by atoms with Crippen LogP contribution in [0.25, 0.3) is 0 Å². The molecule has 0 aromatic carbocycles. The summed E-state index contributed by atoms with van der Waals surface area (Å²) in [5.74, 6) is 1.01. The standard InChI is InChI=1S/C19H32N4O4S/c1-20(10-11-21-8-4-3-5-9-21)19(24)18-7-6-17(27-18)16-22-12-14-23(15-13-22)28(2,25)26/h6-7H,3-5,8-16H2,1-2H3. The molecule has 1 amide bonds. The fourth-order valence-electron chi connectivity index (χ4n) is 3.78. The normalized spacial score (nSPS) is 20.4. The van der Waals surface area contributed by atoms with Gasteiger partial charge in [0.1, 0.15) is 5.76 Å². The number of sulfonamides is 1. The fraction of sp³-hybridized carbons (Fsp3) is 0.737. The van der Waals surface area contributed by atoms with E-state index in [-0.39, 0.29) is 5.91 Å². The van der Waals surface area contributed by atoms with Crippen molar-refractivity contribution in [1.29, 1.82) is 0 Å². The minimum absolute atomic E-state index is 0.0924. The van der Waals surface area contributed by atoms with Gasteiger partial charge >= 0.3 is 0 Å². The van der Waals surface area contributed by atoms with Gasteiger partial charge in [-0.1, -0.05) is 6.42 Å². The topological polar surface area (TPSA) is 77.3 Å². The highest BCUT2D eigenvalue weighted by molar-refractivity contribution is 7.88. The maximum atomic E-state index is 12.6. The summed E-state index contributed by atoms with van der Waals surface area (Å²) in [5, 5.41) is 0. The van der Waals surface area contributed by atoms with Crippen LogP contribution in [0.1, 0.15) is 35.6 Å². The molecule has 0 aliphatic carbocycles. The number of hydrogen-bond acceptors (Lipinski definition) is 6. The highest BCUT2D eigenvalue weighted by atomic mass is 32.2. The average molecular weight is 413 g/mol. The number of amides is 1. The van der Waals surface area contributed by atoms with Crippen LogP contribution < -0.4 is 0 Å². The first kappa shape index (κ1) is 21.3. The Hall–Kier alpha value is -1.42. The van der Waals surface area contributed by atoms with Crippen molar-refractivity contribution in [1.82, 2.24) is 19.0 Å². The van der Waals surface area contributed by atoms with Gasteiger partial charge in [0.2, 0.25) is 10.0 Å². The molecule has 158 valence electrons. The van der Waals surface area contributed by atoms with Crippen molar-refractivity contribution in [3.8, 4) is 0 Å². The van der Waals surface area contributed by atoms with Crippen LogP contribution >= 0.6 is 0 Å². The Bertz CT molecular complexity index is 750. The minimum Gasteiger partial charge on any atom is -0.455 e. The second kappa shape index (κ2) is 9.39. The monoisotopic (exact) mass is 412 g/mol. The summed E-state index contributed by atoms with van der Waals surface area (Å²) in [6.07, 6.45) is 5.05. The smallest absolute Gasteiger partial charge is 0.289 e. The molecule has 2 fully saturated rings. The zero-order valence-corrected chi connectivity index (χ0v) is 17.8. The number of piperazine rings is 1. The average Bonchev–Trinajstić information content (AvgIpc) is 3.14. The Morgan fingerprint density at radius 3 is 2.36 bits per heavy atom. The van der Waals surface area contributed by atoms with Gasteiger partial charge in [-0.05, 0) is 38.1 Å². The van der Waals surface area contributed by atoms with Gasteiger partial charge in [0.25, 0.3) is 5.91 Å². The summed E-state index contributed by atoms with van der Waals surface area (Å²) in [6.45, 7) is 6.73. The molecule has 8 nitrogen and oxygen atoms in total. The van der Waals surface area contributed by atoms with E-state index in [0.717, 1.165) is 25.4 Å². The van der Waals surface area contributed by atoms with Crippen LogP contribution in [0.5, 0.6) is 0 Å². The molecule has 2 saturated heterocycles. The third kappa shape index (κ3) is 5.79. The molecule has 3 rings (SSSR count). The fourth-order valence-corrected chi connectivity index (χ4v) is 4.61. The van der Waals surface area contributed by atoms with Gasteiger partial charge in [-0.3, -0.25) is 9.69 Å². The molecule has 3 heterocycles. The zero-order chi connectivity index (χ0) is 20.1. The van der Waals surface area contributed by atoms with Crippen LogP contribution in [0.3, 0.4) is 0 Å². The molecule has 0 N–H and O–H groups in total. The lowest BCUT2D eigenvalue weighted by Crippen LogP contribution is -2.47. The molecule has 0 radical (unpaired) electrons. The molecule has 9 heteroatoms. The second-order valence-corrected chi connectivity index (χ2v) is 9.82. The number of carbonyl (C=O) groups excluding carboxylic acids is 1. The zero-order valence-electron chi connectivity index (χ0n) is 17.0. The maximum absolute atomic E-state index is 12.6. The van der Waals surface area contributed by atoms with E-state index in [1.807, 2.05) is 13.1 Å². The number of carbonyl (C=O) groups is 1. The number of nitrogens with zero attached hydrogens (tertiary/aromatic N) is 4. The second-order valence-electron chi connectivity index (χ2n) is 7.83. The molecule has 0 atom stereocenters. The van der Waals surface area contributed by atoms with Crippen LogP contribution in [0.15, 0.2) is 16.5 Å². The molecular weight excluding hydrogens is 380 g/mol. The molecule has 2 aliphatic rings. The summed E-state index contributed by atoms with van der Waals surface area (Å²) in [7, 11) is -1.30. The molecule has 0 saturated carbocycles. The number of furan rings is 1. The van der Waals surface area contributed by atoms with Crippen LogP contribution in [0, 0.1) is 0 Å². The van der Waals surface area contributed by atoms with E-state index in [4.69, 9.17) is 4.42 Å². The van der Waals surface area contributed by atoms with Crippen molar-refractivity contribution in [2.45, 2.75) is 25.8 Å².